The predicted octanol–water partition coefficient (Wildman–Crippen LogP) is -0.183. The highest BCUT2D eigenvalue weighted by atomic mass is 32.2. The van der Waals surface area contributed by atoms with Crippen molar-refractivity contribution < 1.29 is 37.7 Å². The lowest BCUT2D eigenvalue weighted by Crippen LogP contribution is -2.50. The Balaban J connectivity index is 0.000000806. The average molecular weight is 442 g/mol. The topological polar surface area (TPSA) is 142 Å². The zero-order valence-electron chi connectivity index (χ0n) is 16.4. The van der Waals surface area contributed by atoms with Gasteiger partial charge in [0.2, 0.25) is 15.9 Å². The summed E-state index contributed by atoms with van der Waals surface area (Å²) in [6, 6.07) is 5.98. The van der Waals surface area contributed by atoms with Crippen molar-refractivity contribution in [1.82, 2.24) is 9.62 Å². The minimum Gasteiger partial charge on any atom is -0.490 e. The number of ether oxygens (including phenoxy) is 2. The molecule has 0 unspecified atom stereocenters. The number of amides is 1. The Hall–Kier alpha value is -2.21. The molecule has 3 N–H and O–H groups in total. The van der Waals surface area contributed by atoms with Gasteiger partial charge >= 0.3 is 0 Å². The number of carbonyl (C=O) groups is 2. The molecule has 4 rings (SSSR count). The summed E-state index contributed by atoms with van der Waals surface area (Å²) in [6.45, 7) is 0.839. The van der Waals surface area contributed by atoms with E-state index in [2.05, 4.69) is 5.32 Å². The van der Waals surface area contributed by atoms with Crippen LogP contribution in [0, 0.1) is 5.41 Å². The van der Waals surface area contributed by atoms with Crippen LogP contribution < -0.4 is 10.1 Å². The minimum absolute atomic E-state index is 0.163. The normalized spacial score (nSPS) is 26.6. The first-order valence-corrected chi connectivity index (χ1v) is 11.1. The van der Waals surface area contributed by atoms with Gasteiger partial charge in [-0.2, -0.15) is 4.31 Å². The molecule has 10 nitrogen and oxygen atoms in total. The number of rotatable bonds is 3. The molecule has 3 heterocycles. The van der Waals surface area contributed by atoms with E-state index in [9.17, 15) is 18.3 Å². The van der Waals surface area contributed by atoms with Gasteiger partial charge < -0.3 is 25.0 Å². The molecule has 1 amide bonds. The molecule has 3 aliphatic heterocycles. The highest BCUT2D eigenvalue weighted by Gasteiger charge is 2.46. The molecular formula is C19H26N2O8S. The second-order valence-corrected chi connectivity index (χ2v) is 9.41. The molecule has 11 heteroatoms. The van der Waals surface area contributed by atoms with E-state index < -0.39 is 15.4 Å². The van der Waals surface area contributed by atoms with Crippen LogP contribution in [0.4, 0.5) is 0 Å². The third-order valence-electron chi connectivity index (χ3n) is 5.80. The van der Waals surface area contributed by atoms with Crippen LogP contribution in [0.5, 0.6) is 5.75 Å². The molecule has 0 aliphatic carbocycles. The van der Waals surface area contributed by atoms with Crippen molar-refractivity contribution in [3.8, 4) is 5.75 Å². The third kappa shape index (κ3) is 4.29. The van der Waals surface area contributed by atoms with E-state index in [1.807, 2.05) is 0 Å². The zero-order valence-corrected chi connectivity index (χ0v) is 17.2. The number of hydrogen-bond donors (Lipinski definition) is 3. The Bertz CT molecular complexity index is 869. The van der Waals surface area contributed by atoms with E-state index in [1.54, 1.807) is 24.3 Å². The van der Waals surface area contributed by atoms with Gasteiger partial charge in [0.1, 0.15) is 17.3 Å². The van der Waals surface area contributed by atoms with Crippen LogP contribution >= 0.6 is 0 Å². The summed E-state index contributed by atoms with van der Waals surface area (Å²) in [5.41, 5.74) is -0.847. The zero-order chi connectivity index (χ0) is 21.8. The van der Waals surface area contributed by atoms with Gasteiger partial charge in [0.25, 0.3) is 6.47 Å². The monoisotopic (exact) mass is 442 g/mol. The van der Waals surface area contributed by atoms with Crippen molar-refractivity contribution in [1.29, 1.82) is 0 Å². The molecule has 2 fully saturated rings. The first-order valence-electron chi connectivity index (χ1n) is 9.69. The summed E-state index contributed by atoms with van der Waals surface area (Å²) in [4.78, 5) is 21.3. The van der Waals surface area contributed by atoms with Crippen molar-refractivity contribution in [3.63, 3.8) is 0 Å². The van der Waals surface area contributed by atoms with Gasteiger partial charge in [-0.3, -0.25) is 9.59 Å². The molecule has 3 aliphatic rings. The number of fused-ring (bicyclic) bond motifs is 2. The standard InChI is InChI=1S/C18H24N2O6S.CH2O2/c21-12-18(5-7-25-8-6-18)17(22)19-13-9-14-11-26-15-3-1-2-4-16(15)27(23,24)20(14)10-13;2-1-3/h1-4,13-14,21H,5-12H2,(H,19,22);1H,(H,2,3)/t13-,14-;/m0./s1. The van der Waals surface area contributed by atoms with Gasteiger partial charge in [0.05, 0.1) is 18.1 Å². The largest absolute Gasteiger partial charge is 0.490 e. The number of nitrogens with one attached hydrogen (secondary N) is 1. The summed E-state index contributed by atoms with van der Waals surface area (Å²) in [6.07, 6.45) is 1.41. The molecule has 2 saturated heterocycles. The maximum Gasteiger partial charge on any atom is 0.290 e. The van der Waals surface area contributed by atoms with E-state index in [1.165, 1.54) is 4.31 Å². The summed E-state index contributed by atoms with van der Waals surface area (Å²) in [5, 5.41) is 19.6. The lowest BCUT2D eigenvalue weighted by Gasteiger charge is -2.34. The quantitative estimate of drug-likeness (QED) is 0.547. The molecular weight excluding hydrogens is 416 g/mol. The predicted molar refractivity (Wildman–Crippen MR) is 104 cm³/mol. The second kappa shape index (κ2) is 9.29. The molecule has 0 bridgehead atoms. The molecule has 2 atom stereocenters. The second-order valence-electron chi connectivity index (χ2n) is 7.55. The van der Waals surface area contributed by atoms with Crippen LogP contribution in [0.2, 0.25) is 0 Å². The van der Waals surface area contributed by atoms with Gasteiger partial charge in [-0.25, -0.2) is 8.42 Å². The number of carbonyl (C=O) groups excluding carboxylic acids is 1. The smallest absolute Gasteiger partial charge is 0.290 e. The number of para-hydroxylation sites is 1. The first kappa shape index (κ1) is 22.5. The highest BCUT2D eigenvalue weighted by Crippen LogP contribution is 2.36. The molecule has 1 aromatic rings. The third-order valence-corrected chi connectivity index (χ3v) is 7.76. The summed E-state index contributed by atoms with van der Waals surface area (Å²) >= 11 is 0. The Morgan fingerprint density at radius 3 is 2.63 bits per heavy atom. The van der Waals surface area contributed by atoms with E-state index in [4.69, 9.17) is 19.4 Å². The molecule has 0 saturated carbocycles. The van der Waals surface area contributed by atoms with E-state index in [-0.39, 0.29) is 49.1 Å². The van der Waals surface area contributed by atoms with Crippen molar-refractivity contribution in [2.75, 3.05) is 33.0 Å². The van der Waals surface area contributed by atoms with Gasteiger partial charge in [-0.1, -0.05) is 12.1 Å². The highest BCUT2D eigenvalue weighted by molar-refractivity contribution is 7.89. The fourth-order valence-electron chi connectivity index (χ4n) is 4.09. The Morgan fingerprint density at radius 2 is 1.97 bits per heavy atom. The van der Waals surface area contributed by atoms with Crippen LogP contribution in [-0.2, 0) is 24.3 Å². The number of hydrogen-bond acceptors (Lipinski definition) is 7. The lowest BCUT2D eigenvalue weighted by atomic mass is 9.80. The minimum atomic E-state index is -3.68. The summed E-state index contributed by atoms with van der Waals surface area (Å²) in [7, 11) is -3.68. The van der Waals surface area contributed by atoms with Crippen molar-refractivity contribution in [2.24, 2.45) is 5.41 Å². The van der Waals surface area contributed by atoms with Gasteiger partial charge in [0, 0.05) is 25.8 Å². The van der Waals surface area contributed by atoms with E-state index in [0.717, 1.165) is 0 Å². The Kier molecular flexibility index (Phi) is 6.96. The molecule has 0 radical (unpaired) electrons. The Labute approximate surface area is 174 Å². The lowest BCUT2D eigenvalue weighted by molar-refractivity contribution is -0.140. The number of benzene rings is 1. The molecule has 1 aromatic carbocycles. The Morgan fingerprint density at radius 1 is 1.30 bits per heavy atom. The molecule has 0 aromatic heterocycles. The van der Waals surface area contributed by atoms with Gasteiger partial charge in [0.15, 0.2) is 0 Å². The maximum atomic E-state index is 13.0. The van der Waals surface area contributed by atoms with Gasteiger partial charge in [-0.05, 0) is 31.4 Å². The molecule has 30 heavy (non-hydrogen) atoms. The fourth-order valence-corrected chi connectivity index (χ4v) is 5.89. The molecule has 0 spiro atoms. The van der Waals surface area contributed by atoms with Crippen LogP contribution in [0.3, 0.4) is 0 Å². The van der Waals surface area contributed by atoms with E-state index in [0.29, 0.717) is 38.2 Å². The average Bonchev–Trinajstić information content (AvgIpc) is 3.13. The van der Waals surface area contributed by atoms with Crippen molar-refractivity contribution >= 4 is 22.4 Å². The van der Waals surface area contributed by atoms with Crippen LogP contribution in [0.1, 0.15) is 19.3 Å². The summed E-state index contributed by atoms with van der Waals surface area (Å²) < 4.78 is 38.5. The van der Waals surface area contributed by atoms with E-state index >= 15 is 0 Å². The number of sulfonamides is 1. The number of nitrogens with zero attached hydrogens (tertiary/aromatic N) is 1. The number of carboxylic acid groups (broad SMARTS) is 1. The maximum absolute atomic E-state index is 13.0. The fraction of sp³-hybridized carbons (Fsp3) is 0.579. The first-order chi connectivity index (χ1) is 14.4. The van der Waals surface area contributed by atoms with Crippen LogP contribution in [-0.4, -0.2) is 80.4 Å². The van der Waals surface area contributed by atoms with Crippen LogP contribution in [0.25, 0.3) is 0 Å². The number of aliphatic hydroxyl groups is 1. The molecule has 166 valence electrons. The van der Waals surface area contributed by atoms with Crippen LogP contribution in [0.15, 0.2) is 29.2 Å². The summed E-state index contributed by atoms with van der Waals surface area (Å²) in [5.74, 6) is 0.142. The SMILES string of the molecule is O=C(N[C@H]1C[C@H]2COc3ccccc3S(=O)(=O)N2C1)C1(CO)CCOCC1.O=CO. The number of aliphatic hydroxyl groups excluding tert-OH is 1. The van der Waals surface area contributed by atoms with Gasteiger partial charge in [-0.15, -0.1) is 0 Å². The van der Waals surface area contributed by atoms with Crippen molar-refractivity contribution in [3.05, 3.63) is 24.3 Å². The van der Waals surface area contributed by atoms with Crippen molar-refractivity contribution in [2.45, 2.75) is 36.2 Å².